The lowest BCUT2D eigenvalue weighted by atomic mass is 10.0. The van der Waals surface area contributed by atoms with Crippen molar-refractivity contribution in [2.45, 2.75) is 46.7 Å². The van der Waals surface area contributed by atoms with Gasteiger partial charge in [0.25, 0.3) is 0 Å². The zero-order valence-electron chi connectivity index (χ0n) is 16.0. The van der Waals surface area contributed by atoms with Gasteiger partial charge in [0.15, 0.2) is 0 Å². The van der Waals surface area contributed by atoms with E-state index in [1.807, 2.05) is 70.2 Å². The van der Waals surface area contributed by atoms with E-state index >= 15 is 0 Å². The van der Waals surface area contributed by atoms with Gasteiger partial charge in [0.05, 0.1) is 0 Å². The quantitative estimate of drug-likeness (QED) is 0.796. The maximum absolute atomic E-state index is 12.8. The molecular weight excluding hydrogens is 324 g/mol. The summed E-state index contributed by atoms with van der Waals surface area (Å²) >= 11 is 0. The van der Waals surface area contributed by atoms with Crippen LogP contribution < -0.4 is 10.6 Å². The average molecular weight is 352 g/mol. The molecule has 0 aliphatic heterocycles. The van der Waals surface area contributed by atoms with E-state index in [0.717, 1.165) is 16.7 Å². The van der Waals surface area contributed by atoms with Crippen LogP contribution in [0.5, 0.6) is 0 Å². The Morgan fingerprint density at radius 1 is 1.00 bits per heavy atom. The molecule has 0 aliphatic rings. The van der Waals surface area contributed by atoms with E-state index in [9.17, 15) is 9.59 Å². The maximum Gasteiger partial charge on any atom is 0.247 e. The van der Waals surface area contributed by atoms with Crippen LogP contribution in [0.4, 0.5) is 0 Å². The highest BCUT2D eigenvalue weighted by molar-refractivity contribution is 5.88. The smallest absolute Gasteiger partial charge is 0.247 e. The molecule has 1 atom stereocenters. The number of rotatable bonds is 7. The molecule has 138 valence electrons. The lowest BCUT2D eigenvalue weighted by molar-refractivity contribution is -0.129. The topological polar surface area (TPSA) is 58.2 Å². The van der Waals surface area contributed by atoms with E-state index in [-0.39, 0.29) is 17.7 Å². The molecule has 0 radical (unpaired) electrons. The van der Waals surface area contributed by atoms with E-state index in [1.54, 1.807) is 0 Å². The second-order valence-electron chi connectivity index (χ2n) is 7.16. The lowest BCUT2D eigenvalue weighted by Gasteiger charge is -2.20. The van der Waals surface area contributed by atoms with Crippen molar-refractivity contribution in [3.63, 3.8) is 0 Å². The van der Waals surface area contributed by atoms with Crippen LogP contribution in [-0.2, 0) is 16.1 Å². The van der Waals surface area contributed by atoms with Crippen LogP contribution >= 0.6 is 0 Å². The van der Waals surface area contributed by atoms with Crippen LogP contribution in [0.3, 0.4) is 0 Å². The fourth-order valence-electron chi connectivity index (χ4n) is 2.86. The Balaban J connectivity index is 2.11. The summed E-state index contributed by atoms with van der Waals surface area (Å²) in [6, 6.07) is 14.8. The van der Waals surface area contributed by atoms with Crippen molar-refractivity contribution < 1.29 is 9.59 Å². The van der Waals surface area contributed by atoms with Gasteiger partial charge in [-0.1, -0.05) is 67.9 Å². The Labute approximate surface area is 156 Å². The molecule has 0 spiro atoms. The molecule has 0 heterocycles. The van der Waals surface area contributed by atoms with Crippen LogP contribution in [0.15, 0.2) is 48.5 Å². The van der Waals surface area contributed by atoms with Crippen molar-refractivity contribution in [1.82, 2.24) is 10.6 Å². The van der Waals surface area contributed by atoms with Gasteiger partial charge in [0.1, 0.15) is 6.04 Å². The minimum absolute atomic E-state index is 0.115. The molecule has 4 heteroatoms. The highest BCUT2D eigenvalue weighted by atomic mass is 16.2. The summed E-state index contributed by atoms with van der Waals surface area (Å²) in [4.78, 5) is 25.0. The zero-order valence-corrected chi connectivity index (χ0v) is 16.0. The zero-order chi connectivity index (χ0) is 19.1. The van der Waals surface area contributed by atoms with Gasteiger partial charge in [-0.3, -0.25) is 9.59 Å². The number of aryl methyl sites for hydroxylation is 2. The summed E-state index contributed by atoms with van der Waals surface area (Å²) in [6.45, 7) is 8.49. The number of hydrogen-bond donors (Lipinski definition) is 2. The van der Waals surface area contributed by atoms with Crippen molar-refractivity contribution in [3.8, 4) is 0 Å². The third kappa shape index (κ3) is 5.73. The maximum atomic E-state index is 12.8. The SMILES string of the molecule is Cc1ccc(CNC(=O)C(NC(=O)CC(C)C)c2ccccc2)c(C)c1. The number of hydrogen-bond acceptors (Lipinski definition) is 2. The molecule has 0 aromatic heterocycles. The number of nitrogens with one attached hydrogen (secondary N) is 2. The first-order valence-electron chi connectivity index (χ1n) is 9.05. The van der Waals surface area contributed by atoms with Gasteiger partial charge < -0.3 is 10.6 Å². The van der Waals surface area contributed by atoms with Gasteiger partial charge in [-0.05, 0) is 36.5 Å². The molecule has 2 aromatic carbocycles. The minimum Gasteiger partial charge on any atom is -0.350 e. The standard InChI is InChI=1S/C22H28N2O2/c1-15(2)12-20(25)24-21(18-8-6-5-7-9-18)22(26)23-14-19-11-10-16(3)13-17(19)4/h5-11,13,15,21H,12,14H2,1-4H3,(H,23,26)(H,24,25). The molecule has 0 saturated carbocycles. The van der Waals surface area contributed by atoms with Crippen LogP contribution in [0.1, 0.15) is 48.6 Å². The summed E-state index contributed by atoms with van der Waals surface area (Å²) in [5.41, 5.74) is 4.19. The molecule has 2 amide bonds. The Morgan fingerprint density at radius 3 is 2.31 bits per heavy atom. The molecule has 0 saturated heterocycles. The fraction of sp³-hybridized carbons (Fsp3) is 0.364. The van der Waals surface area contributed by atoms with Gasteiger partial charge in [0.2, 0.25) is 11.8 Å². The molecule has 0 aliphatic carbocycles. The first-order chi connectivity index (χ1) is 12.4. The van der Waals surface area contributed by atoms with Crippen molar-refractivity contribution in [1.29, 1.82) is 0 Å². The number of amides is 2. The van der Waals surface area contributed by atoms with Crippen LogP contribution in [-0.4, -0.2) is 11.8 Å². The number of benzene rings is 2. The first-order valence-corrected chi connectivity index (χ1v) is 9.05. The molecule has 2 rings (SSSR count). The largest absolute Gasteiger partial charge is 0.350 e. The molecule has 2 N–H and O–H groups in total. The van der Waals surface area contributed by atoms with Crippen LogP contribution in [0.2, 0.25) is 0 Å². The summed E-state index contributed by atoms with van der Waals surface area (Å²) in [5, 5.41) is 5.84. The second kappa shape index (κ2) is 9.18. The third-order valence-corrected chi connectivity index (χ3v) is 4.25. The van der Waals surface area contributed by atoms with Crippen LogP contribution in [0, 0.1) is 19.8 Å². The number of carbonyl (C=O) groups is 2. The Morgan fingerprint density at radius 2 is 1.69 bits per heavy atom. The average Bonchev–Trinajstić information content (AvgIpc) is 2.59. The van der Waals surface area contributed by atoms with Gasteiger partial charge in [0, 0.05) is 13.0 Å². The highest BCUT2D eigenvalue weighted by Crippen LogP contribution is 2.15. The summed E-state index contributed by atoms with van der Waals surface area (Å²) in [5.74, 6) is -0.0755. The third-order valence-electron chi connectivity index (χ3n) is 4.25. The predicted octanol–water partition coefficient (Wildman–Crippen LogP) is 3.82. The summed E-state index contributed by atoms with van der Waals surface area (Å²) < 4.78 is 0. The van der Waals surface area contributed by atoms with Gasteiger partial charge in [-0.15, -0.1) is 0 Å². The Bertz CT molecular complexity index is 754. The van der Waals surface area contributed by atoms with Crippen LogP contribution in [0.25, 0.3) is 0 Å². The van der Waals surface area contributed by atoms with Crippen molar-refractivity contribution >= 4 is 11.8 Å². The highest BCUT2D eigenvalue weighted by Gasteiger charge is 2.22. The van der Waals surface area contributed by atoms with E-state index in [4.69, 9.17) is 0 Å². The fourth-order valence-corrected chi connectivity index (χ4v) is 2.86. The number of carbonyl (C=O) groups excluding carboxylic acids is 2. The first kappa shape index (κ1) is 19.7. The normalized spacial score (nSPS) is 11.9. The molecule has 1 unspecified atom stereocenters. The second-order valence-corrected chi connectivity index (χ2v) is 7.16. The molecule has 0 bridgehead atoms. The minimum atomic E-state index is -0.687. The molecule has 4 nitrogen and oxygen atoms in total. The monoisotopic (exact) mass is 352 g/mol. The predicted molar refractivity (Wildman–Crippen MR) is 105 cm³/mol. The van der Waals surface area contributed by atoms with E-state index in [0.29, 0.717) is 13.0 Å². The molecular formula is C22H28N2O2. The lowest BCUT2D eigenvalue weighted by Crippen LogP contribution is -2.40. The van der Waals surface area contributed by atoms with Crippen molar-refractivity contribution in [3.05, 3.63) is 70.8 Å². The van der Waals surface area contributed by atoms with Crippen molar-refractivity contribution in [2.75, 3.05) is 0 Å². The van der Waals surface area contributed by atoms with Crippen molar-refractivity contribution in [2.24, 2.45) is 5.92 Å². The van der Waals surface area contributed by atoms with E-state index in [2.05, 4.69) is 16.7 Å². The van der Waals surface area contributed by atoms with Gasteiger partial charge in [-0.25, -0.2) is 0 Å². The van der Waals surface area contributed by atoms with Gasteiger partial charge in [-0.2, -0.15) is 0 Å². The molecule has 2 aromatic rings. The van der Waals surface area contributed by atoms with E-state index < -0.39 is 6.04 Å². The van der Waals surface area contributed by atoms with Gasteiger partial charge >= 0.3 is 0 Å². The Hall–Kier alpha value is -2.62. The molecule has 26 heavy (non-hydrogen) atoms. The summed E-state index contributed by atoms with van der Waals surface area (Å²) in [7, 11) is 0. The van der Waals surface area contributed by atoms with E-state index in [1.165, 1.54) is 5.56 Å². The summed E-state index contributed by atoms with van der Waals surface area (Å²) in [6.07, 6.45) is 0.397. The molecule has 0 fully saturated rings. The Kier molecular flexibility index (Phi) is 6.96.